The number of amides is 3. The third-order valence-electron chi connectivity index (χ3n) is 3.72. The lowest BCUT2D eigenvalue weighted by molar-refractivity contribution is -0.118. The van der Waals surface area contributed by atoms with Crippen LogP contribution in [0.5, 0.6) is 11.5 Å². The van der Waals surface area contributed by atoms with Crippen LogP contribution in [0.25, 0.3) is 6.08 Å². The summed E-state index contributed by atoms with van der Waals surface area (Å²) in [6, 6.07) is 12.3. The molecule has 3 rings (SSSR count). The van der Waals surface area contributed by atoms with Gasteiger partial charge in [-0.05, 0) is 55.1 Å². The second-order valence-electron chi connectivity index (χ2n) is 5.80. The quantitative estimate of drug-likeness (QED) is 0.581. The van der Waals surface area contributed by atoms with Crippen molar-refractivity contribution in [2.24, 2.45) is 0 Å². The minimum absolute atomic E-state index is 0.240. The Kier molecular flexibility index (Phi) is 6.95. The number of para-hydroxylation sites is 2. The maximum Gasteiger partial charge on any atom is 0.290 e. The van der Waals surface area contributed by atoms with Gasteiger partial charge in [-0.3, -0.25) is 19.7 Å². The number of hydrogen-bond donors (Lipinski definition) is 2. The van der Waals surface area contributed by atoms with Crippen molar-refractivity contribution in [3.05, 3.63) is 57.4 Å². The van der Waals surface area contributed by atoms with Crippen LogP contribution in [0.3, 0.4) is 0 Å². The highest BCUT2D eigenvalue weighted by Gasteiger charge is 2.25. The first-order valence-corrected chi connectivity index (χ1v) is 10.3. The lowest BCUT2D eigenvalue weighted by Gasteiger charge is -2.13. The maximum atomic E-state index is 12.3. The molecule has 2 aromatic rings. The van der Waals surface area contributed by atoms with Gasteiger partial charge in [-0.2, -0.15) is 0 Å². The lowest BCUT2D eigenvalue weighted by Crippen LogP contribution is -2.21. The standard InChI is InChI=1S/C20H17BrN2O5S/c1-2-27-16-6-4-3-5-14(16)22-18(24)11-28-15-8-7-13(21)9-12(15)10-17-19(25)23-20(26)29-17/h3-10H,2,11H2,1H3,(H,22,24)(H,23,25,26)/b17-10-. The minimum atomic E-state index is -0.462. The fraction of sp³-hybridized carbons (Fsp3) is 0.150. The van der Waals surface area contributed by atoms with Crippen LogP contribution in [-0.4, -0.2) is 30.3 Å². The monoisotopic (exact) mass is 476 g/mol. The van der Waals surface area contributed by atoms with E-state index in [0.29, 0.717) is 29.4 Å². The van der Waals surface area contributed by atoms with E-state index in [2.05, 4.69) is 26.6 Å². The van der Waals surface area contributed by atoms with Crippen molar-refractivity contribution in [1.29, 1.82) is 0 Å². The lowest BCUT2D eigenvalue weighted by atomic mass is 10.2. The van der Waals surface area contributed by atoms with Gasteiger partial charge in [0.1, 0.15) is 11.5 Å². The van der Waals surface area contributed by atoms with Crippen LogP contribution in [0.2, 0.25) is 0 Å². The topological polar surface area (TPSA) is 93.7 Å². The first-order chi connectivity index (χ1) is 14.0. The van der Waals surface area contributed by atoms with Gasteiger partial charge in [-0.15, -0.1) is 0 Å². The summed E-state index contributed by atoms with van der Waals surface area (Å²) in [5.74, 6) is 0.158. The Bertz CT molecular complexity index is 993. The molecule has 0 radical (unpaired) electrons. The number of halogens is 1. The Morgan fingerprint density at radius 2 is 1.97 bits per heavy atom. The molecule has 7 nitrogen and oxygen atoms in total. The van der Waals surface area contributed by atoms with E-state index < -0.39 is 11.1 Å². The van der Waals surface area contributed by atoms with Gasteiger partial charge in [0.15, 0.2) is 6.61 Å². The third-order valence-corrected chi connectivity index (χ3v) is 5.02. The number of benzene rings is 2. The van der Waals surface area contributed by atoms with Crippen molar-refractivity contribution in [2.45, 2.75) is 6.92 Å². The number of nitrogens with one attached hydrogen (secondary N) is 2. The summed E-state index contributed by atoms with van der Waals surface area (Å²) in [7, 11) is 0. The maximum absolute atomic E-state index is 12.3. The van der Waals surface area contributed by atoms with Crippen LogP contribution in [0.4, 0.5) is 10.5 Å². The Morgan fingerprint density at radius 3 is 2.69 bits per heavy atom. The number of thioether (sulfide) groups is 1. The molecule has 29 heavy (non-hydrogen) atoms. The summed E-state index contributed by atoms with van der Waals surface area (Å²) in [4.78, 5) is 35.7. The van der Waals surface area contributed by atoms with Crippen molar-refractivity contribution < 1.29 is 23.9 Å². The molecule has 1 aliphatic heterocycles. The molecule has 2 N–H and O–H groups in total. The summed E-state index contributed by atoms with van der Waals surface area (Å²) >= 11 is 4.18. The zero-order chi connectivity index (χ0) is 20.8. The van der Waals surface area contributed by atoms with E-state index in [9.17, 15) is 14.4 Å². The molecule has 0 aliphatic carbocycles. The van der Waals surface area contributed by atoms with Gasteiger partial charge >= 0.3 is 0 Å². The molecule has 1 saturated heterocycles. The van der Waals surface area contributed by atoms with Crippen molar-refractivity contribution in [3.63, 3.8) is 0 Å². The SMILES string of the molecule is CCOc1ccccc1NC(=O)COc1ccc(Br)cc1/C=C1\SC(=O)NC1=O. The van der Waals surface area contributed by atoms with Crippen LogP contribution < -0.4 is 20.1 Å². The van der Waals surface area contributed by atoms with E-state index in [1.165, 1.54) is 0 Å². The summed E-state index contributed by atoms with van der Waals surface area (Å²) in [5, 5.41) is 4.53. The molecule has 1 aliphatic rings. The summed E-state index contributed by atoms with van der Waals surface area (Å²) in [5.41, 5.74) is 1.12. The fourth-order valence-electron chi connectivity index (χ4n) is 2.51. The average molecular weight is 477 g/mol. The van der Waals surface area contributed by atoms with Gasteiger partial charge in [-0.25, -0.2) is 0 Å². The van der Waals surface area contributed by atoms with E-state index in [-0.39, 0.29) is 17.4 Å². The van der Waals surface area contributed by atoms with Crippen LogP contribution in [0, 0.1) is 0 Å². The summed E-state index contributed by atoms with van der Waals surface area (Å²) < 4.78 is 11.9. The third kappa shape index (κ3) is 5.61. The van der Waals surface area contributed by atoms with Gasteiger partial charge in [-0.1, -0.05) is 28.1 Å². The van der Waals surface area contributed by atoms with Gasteiger partial charge in [0.2, 0.25) is 0 Å². The van der Waals surface area contributed by atoms with Crippen molar-refractivity contribution in [2.75, 3.05) is 18.5 Å². The Labute approximate surface area is 180 Å². The molecular weight excluding hydrogens is 460 g/mol. The predicted molar refractivity (Wildman–Crippen MR) is 115 cm³/mol. The zero-order valence-electron chi connectivity index (χ0n) is 15.4. The fourth-order valence-corrected chi connectivity index (χ4v) is 3.56. The average Bonchev–Trinajstić information content (AvgIpc) is 3.00. The molecule has 1 heterocycles. The minimum Gasteiger partial charge on any atom is -0.492 e. The highest BCUT2D eigenvalue weighted by molar-refractivity contribution is 9.10. The number of carbonyl (C=O) groups excluding carboxylic acids is 3. The zero-order valence-corrected chi connectivity index (χ0v) is 17.8. The van der Waals surface area contributed by atoms with E-state index in [1.807, 2.05) is 13.0 Å². The number of hydrogen-bond acceptors (Lipinski definition) is 6. The van der Waals surface area contributed by atoms with Crippen LogP contribution >= 0.6 is 27.7 Å². The molecule has 0 unspecified atom stereocenters. The molecular formula is C20H17BrN2O5S. The van der Waals surface area contributed by atoms with Crippen molar-refractivity contribution >= 4 is 56.5 Å². The molecule has 2 aromatic carbocycles. The molecule has 0 saturated carbocycles. The molecule has 0 bridgehead atoms. The van der Waals surface area contributed by atoms with Crippen LogP contribution in [0.15, 0.2) is 51.8 Å². The second-order valence-corrected chi connectivity index (χ2v) is 7.73. The van der Waals surface area contributed by atoms with Crippen molar-refractivity contribution in [3.8, 4) is 11.5 Å². The van der Waals surface area contributed by atoms with Crippen molar-refractivity contribution in [1.82, 2.24) is 5.32 Å². The van der Waals surface area contributed by atoms with Crippen LogP contribution in [0.1, 0.15) is 12.5 Å². The molecule has 1 fully saturated rings. The van der Waals surface area contributed by atoms with E-state index >= 15 is 0 Å². The molecule has 9 heteroatoms. The number of carbonyl (C=O) groups is 3. The van der Waals surface area contributed by atoms with E-state index in [1.54, 1.807) is 42.5 Å². The summed E-state index contributed by atoms with van der Waals surface area (Å²) in [6.07, 6.45) is 1.55. The number of anilines is 1. The largest absolute Gasteiger partial charge is 0.492 e. The molecule has 0 atom stereocenters. The first kappa shape index (κ1) is 20.9. The number of ether oxygens (including phenoxy) is 2. The van der Waals surface area contributed by atoms with Gasteiger partial charge in [0.05, 0.1) is 17.2 Å². The van der Waals surface area contributed by atoms with E-state index in [0.717, 1.165) is 16.2 Å². The smallest absolute Gasteiger partial charge is 0.290 e. The Hall–Kier alpha value is -2.78. The van der Waals surface area contributed by atoms with Crippen LogP contribution in [-0.2, 0) is 9.59 Å². The Morgan fingerprint density at radius 1 is 1.17 bits per heavy atom. The summed E-state index contributed by atoms with van der Waals surface area (Å²) in [6.45, 7) is 2.10. The molecule has 150 valence electrons. The Balaban J connectivity index is 1.71. The number of rotatable bonds is 7. The van der Waals surface area contributed by atoms with Gasteiger partial charge in [0, 0.05) is 10.0 Å². The second kappa shape index (κ2) is 9.62. The van der Waals surface area contributed by atoms with Gasteiger partial charge < -0.3 is 14.8 Å². The highest BCUT2D eigenvalue weighted by Crippen LogP contribution is 2.31. The molecule has 0 aromatic heterocycles. The predicted octanol–water partition coefficient (Wildman–Crippen LogP) is 4.19. The van der Waals surface area contributed by atoms with E-state index in [4.69, 9.17) is 9.47 Å². The normalized spacial score (nSPS) is 14.6. The van der Waals surface area contributed by atoms with Gasteiger partial charge in [0.25, 0.3) is 17.1 Å². The number of imide groups is 1. The molecule has 0 spiro atoms. The molecule has 3 amide bonds. The highest BCUT2D eigenvalue weighted by atomic mass is 79.9. The first-order valence-electron chi connectivity index (χ1n) is 8.65.